The number of ketones is 1. The fourth-order valence-corrected chi connectivity index (χ4v) is 9.94. The number of ether oxygens (including phenoxy) is 7. The van der Waals surface area contributed by atoms with Crippen LogP contribution in [-0.2, 0) is 51.3 Å². The molecular formula is C61H75N7O15. The largest absolute Gasteiger partial charge is 0.493 e. The second kappa shape index (κ2) is 29.4. The number of amides is 6. The summed E-state index contributed by atoms with van der Waals surface area (Å²) in [4.78, 5) is 107. The van der Waals surface area contributed by atoms with Crippen LogP contribution in [0.25, 0.3) is 0 Å². The Morgan fingerprint density at radius 3 is 2.08 bits per heavy atom. The number of methoxy groups -OCH3 is 4. The van der Waals surface area contributed by atoms with E-state index < -0.39 is 47.2 Å². The molecule has 2 saturated heterocycles. The number of carbonyl (C=O) groups is 8. The maximum atomic E-state index is 14.1. The molecule has 0 aromatic heterocycles. The molecule has 3 aliphatic heterocycles. The fraction of sp³-hybridized carbons (Fsp3) is 0.475. The van der Waals surface area contributed by atoms with Crippen LogP contribution in [0.5, 0.6) is 34.5 Å². The Morgan fingerprint density at radius 1 is 0.747 bits per heavy atom. The lowest BCUT2D eigenvalue weighted by atomic mass is 9.84. The molecular weight excluding hydrogens is 1070 g/mol. The van der Waals surface area contributed by atoms with Gasteiger partial charge in [-0.15, -0.1) is 0 Å². The van der Waals surface area contributed by atoms with Crippen LogP contribution < -0.4 is 44.4 Å². The number of nitrogens with zero attached hydrogens (tertiary/aromatic N) is 4. The minimum Gasteiger partial charge on any atom is -0.493 e. The minimum absolute atomic E-state index is 0.130. The van der Waals surface area contributed by atoms with Crippen LogP contribution in [0.2, 0.25) is 0 Å². The van der Waals surface area contributed by atoms with E-state index in [-0.39, 0.29) is 80.0 Å². The molecule has 3 heterocycles. The molecule has 0 radical (unpaired) electrons. The van der Waals surface area contributed by atoms with Crippen molar-refractivity contribution in [1.29, 1.82) is 0 Å². The zero-order valence-electron chi connectivity index (χ0n) is 48.3. The second-order valence-electron chi connectivity index (χ2n) is 21.1. The van der Waals surface area contributed by atoms with Crippen LogP contribution in [0.1, 0.15) is 125 Å². The molecule has 3 atom stereocenters. The lowest BCUT2D eigenvalue weighted by Gasteiger charge is -2.36. The zero-order valence-corrected chi connectivity index (χ0v) is 48.3. The number of unbranched alkanes of at least 4 members (excludes halogenated alkanes) is 3. The molecule has 3 N–H and O–H groups in total. The molecule has 4 aromatic rings. The van der Waals surface area contributed by atoms with E-state index in [1.165, 1.54) is 24.0 Å². The summed E-state index contributed by atoms with van der Waals surface area (Å²) in [6.07, 6.45) is 5.63. The number of benzene rings is 4. The standard InChI is InChI=1S/C61H75N7O15/c1-8-61(2,3)56(72)59(75)67-30-14-11-21-46(67)60(76)83-47(25-22-38-23-26-48(77-4)49(31-38)78-5)39-17-15-18-41(32-39)81-36-53(70)62-28-12-9-10-13-29-63-54(71)37-82-55-50(79-6)33-40(34-51(55)80-7)65-66-44-20-16-19-42-43(44)35-68(58(42)74)45-24-27-52(69)64-57(45)73/h15-20,23,26,31-34,45-47H,8-14,21-22,24-25,27-30,35-37H2,1-7H3,(H,62,70)(H,63,71)(H,64,69,73). The van der Waals surface area contributed by atoms with Gasteiger partial charge in [-0.25, -0.2) is 4.79 Å². The van der Waals surface area contributed by atoms with Crippen LogP contribution >= 0.6 is 0 Å². The number of azo groups is 1. The number of hydrogen-bond acceptors (Lipinski definition) is 17. The van der Waals surface area contributed by atoms with Crippen LogP contribution in [0.3, 0.4) is 0 Å². The molecule has 83 heavy (non-hydrogen) atoms. The van der Waals surface area contributed by atoms with E-state index in [9.17, 15) is 38.4 Å². The first-order chi connectivity index (χ1) is 40.0. The van der Waals surface area contributed by atoms with Gasteiger partial charge in [0.2, 0.25) is 23.3 Å². The molecule has 444 valence electrons. The summed E-state index contributed by atoms with van der Waals surface area (Å²) < 4.78 is 40.1. The van der Waals surface area contributed by atoms with E-state index in [4.69, 9.17) is 33.2 Å². The maximum Gasteiger partial charge on any atom is 0.329 e. The lowest BCUT2D eigenvalue weighted by Crippen LogP contribution is -2.53. The summed E-state index contributed by atoms with van der Waals surface area (Å²) in [5.74, 6) is -1.47. The first kappa shape index (κ1) is 62.0. The summed E-state index contributed by atoms with van der Waals surface area (Å²) in [7, 11) is 5.99. The maximum absolute atomic E-state index is 14.1. The van der Waals surface area contributed by atoms with Gasteiger partial charge < -0.3 is 53.6 Å². The fourth-order valence-electron chi connectivity index (χ4n) is 9.94. The third-order valence-corrected chi connectivity index (χ3v) is 15.1. The highest BCUT2D eigenvalue weighted by Gasteiger charge is 2.42. The Morgan fingerprint density at radius 2 is 1.42 bits per heavy atom. The molecule has 7 rings (SSSR count). The predicted molar refractivity (Wildman–Crippen MR) is 303 cm³/mol. The first-order valence-corrected chi connectivity index (χ1v) is 28.1. The van der Waals surface area contributed by atoms with Gasteiger partial charge in [0.05, 0.1) is 39.8 Å². The van der Waals surface area contributed by atoms with E-state index in [1.54, 1.807) is 76.6 Å². The molecule has 0 aliphatic carbocycles. The third kappa shape index (κ3) is 16.1. The number of likely N-dealkylation sites (tertiary alicyclic amines) is 1. The molecule has 2 fully saturated rings. The quantitative estimate of drug-likeness (QED) is 0.0154. The van der Waals surface area contributed by atoms with Crippen LogP contribution in [-0.4, -0.2) is 130 Å². The van der Waals surface area contributed by atoms with E-state index in [0.29, 0.717) is 110 Å². The van der Waals surface area contributed by atoms with Crippen LogP contribution in [0, 0.1) is 5.41 Å². The molecule has 22 heteroatoms. The smallest absolute Gasteiger partial charge is 0.329 e. The Kier molecular flexibility index (Phi) is 22.0. The first-order valence-electron chi connectivity index (χ1n) is 28.1. The van der Waals surface area contributed by atoms with Gasteiger partial charge in [0.1, 0.15) is 23.9 Å². The van der Waals surface area contributed by atoms with Crippen molar-refractivity contribution in [1.82, 2.24) is 25.8 Å². The average molecular weight is 1150 g/mol. The van der Waals surface area contributed by atoms with Crippen LogP contribution in [0.4, 0.5) is 11.4 Å². The summed E-state index contributed by atoms with van der Waals surface area (Å²) in [6, 6.07) is 19.1. The van der Waals surface area contributed by atoms with Crippen molar-refractivity contribution < 1.29 is 71.5 Å². The summed E-state index contributed by atoms with van der Waals surface area (Å²) in [5.41, 5.74) is 2.44. The van der Waals surface area contributed by atoms with Crippen molar-refractivity contribution in [3.05, 3.63) is 95.1 Å². The number of rotatable bonds is 29. The predicted octanol–water partition coefficient (Wildman–Crippen LogP) is 7.75. The van der Waals surface area contributed by atoms with E-state index in [0.717, 1.165) is 18.4 Å². The number of carbonyl (C=O) groups excluding carboxylic acids is 8. The number of aryl methyl sites for hydroxylation is 1. The normalized spacial score (nSPS) is 16.3. The van der Waals surface area contributed by atoms with Gasteiger partial charge in [-0.1, -0.05) is 57.9 Å². The Labute approximate surface area is 483 Å². The summed E-state index contributed by atoms with van der Waals surface area (Å²) in [5, 5.41) is 16.8. The number of Topliss-reactive ketones (excluding diaryl/α,β-unsaturated/α-hetero) is 1. The number of piperidine rings is 2. The van der Waals surface area contributed by atoms with E-state index >= 15 is 0 Å². The number of esters is 1. The van der Waals surface area contributed by atoms with Gasteiger partial charge in [-0.3, -0.25) is 38.9 Å². The topological polar surface area (TPSA) is 268 Å². The van der Waals surface area contributed by atoms with Gasteiger partial charge in [0.15, 0.2) is 36.2 Å². The molecule has 0 bridgehead atoms. The molecule has 6 amide bonds. The average Bonchev–Trinajstić information content (AvgIpc) is 4.13. The van der Waals surface area contributed by atoms with Crippen molar-refractivity contribution in [2.45, 2.75) is 123 Å². The third-order valence-electron chi connectivity index (χ3n) is 15.1. The number of nitrogens with one attached hydrogen (secondary N) is 3. The van der Waals surface area contributed by atoms with Crippen molar-refractivity contribution in [3.8, 4) is 34.5 Å². The Bertz CT molecular complexity index is 3030. The van der Waals surface area contributed by atoms with Crippen molar-refractivity contribution in [3.63, 3.8) is 0 Å². The van der Waals surface area contributed by atoms with E-state index in [1.807, 2.05) is 31.2 Å². The minimum atomic E-state index is -0.918. The van der Waals surface area contributed by atoms with Gasteiger partial charge in [0.25, 0.3) is 23.6 Å². The van der Waals surface area contributed by atoms with Gasteiger partial charge in [-0.2, -0.15) is 10.2 Å². The van der Waals surface area contributed by atoms with Gasteiger partial charge in [0, 0.05) is 61.3 Å². The summed E-state index contributed by atoms with van der Waals surface area (Å²) >= 11 is 0. The van der Waals surface area contributed by atoms with Gasteiger partial charge in [-0.05, 0) is 105 Å². The molecule has 3 aliphatic rings. The number of hydrogen-bond donors (Lipinski definition) is 3. The molecule has 22 nitrogen and oxygen atoms in total. The van der Waals surface area contributed by atoms with Crippen molar-refractivity contribution in [2.24, 2.45) is 15.6 Å². The van der Waals surface area contributed by atoms with Crippen molar-refractivity contribution in [2.75, 3.05) is 61.3 Å². The highest BCUT2D eigenvalue weighted by molar-refractivity contribution is 6.38. The Hall–Kier alpha value is -8.56. The monoisotopic (exact) mass is 1150 g/mol. The van der Waals surface area contributed by atoms with E-state index in [2.05, 4.69) is 26.2 Å². The molecule has 0 saturated carbocycles. The second-order valence-corrected chi connectivity index (χ2v) is 21.1. The SMILES string of the molecule is CCC(C)(C)C(=O)C(=O)N1CCCCC1C(=O)OC(CCc1ccc(OC)c(OC)c1)c1cccc(OCC(=O)NCCCCCCNC(=O)COc2c(OC)cc(N=Nc3cccc4c3CN(C3CCC(=O)NC3=O)C4=O)cc2OC)c1. The molecule has 4 aromatic carbocycles. The lowest BCUT2D eigenvalue weighted by molar-refractivity contribution is -0.164. The number of imide groups is 1. The number of fused-ring (bicyclic) bond motifs is 1. The molecule has 3 unspecified atom stereocenters. The Balaban J connectivity index is 0.840. The van der Waals surface area contributed by atoms with Crippen molar-refractivity contribution >= 4 is 58.6 Å². The van der Waals surface area contributed by atoms with Gasteiger partial charge >= 0.3 is 5.97 Å². The highest BCUT2D eigenvalue weighted by atomic mass is 16.6. The zero-order chi connectivity index (χ0) is 59.6. The molecule has 0 spiro atoms. The van der Waals surface area contributed by atoms with Crippen LogP contribution in [0.15, 0.2) is 83.0 Å². The summed E-state index contributed by atoms with van der Waals surface area (Å²) in [6.45, 7) is 5.97. The highest BCUT2D eigenvalue weighted by Crippen LogP contribution is 2.42.